The number of likely N-dealkylation sites (N-methyl/N-ethyl adjacent to an activating group) is 1. The number of esters is 1. The Hall–Kier alpha value is -7.36. The summed E-state index contributed by atoms with van der Waals surface area (Å²) in [7, 11) is 1.71. The number of unbranched alkanes of at least 4 members (excludes halogenated alkanes) is 4. The van der Waals surface area contributed by atoms with Gasteiger partial charge in [0.2, 0.25) is 29.5 Å². The van der Waals surface area contributed by atoms with E-state index in [0.717, 1.165) is 95.5 Å². The molecule has 91 heavy (non-hydrogen) atoms. The van der Waals surface area contributed by atoms with Gasteiger partial charge in [-0.3, -0.25) is 28.8 Å². The number of carbonyl (C=O) groups excluding carboxylic acids is 6. The van der Waals surface area contributed by atoms with Crippen LogP contribution in [0, 0.1) is 0 Å². The van der Waals surface area contributed by atoms with Crippen molar-refractivity contribution in [2.45, 2.75) is 212 Å². The molecular formula is C76H117N7O8. The maximum absolute atomic E-state index is 13.9. The number of rotatable bonds is 56. The fraction of sp³-hybridized carbons (Fsp3) is 0.526. The van der Waals surface area contributed by atoms with Crippen LogP contribution >= 0.6 is 0 Å². The zero-order chi connectivity index (χ0) is 66.1. The molecule has 0 unspecified atom stereocenters. The molecule has 0 heterocycles. The summed E-state index contributed by atoms with van der Waals surface area (Å²) in [6, 6.07) is 5.32. The smallest absolute Gasteiger partial charge is 0.323 e. The predicted molar refractivity (Wildman–Crippen MR) is 378 cm³/mol. The van der Waals surface area contributed by atoms with Gasteiger partial charge in [0.25, 0.3) is 0 Å². The molecule has 0 aliphatic heterocycles. The highest BCUT2D eigenvalue weighted by Gasteiger charge is 2.23. The van der Waals surface area contributed by atoms with Crippen molar-refractivity contribution >= 4 is 35.5 Å². The number of carbonyl (C=O) groups is 6. The first-order valence-corrected chi connectivity index (χ1v) is 34.0. The molecule has 8 N–H and O–H groups in total. The number of benzene rings is 1. The van der Waals surface area contributed by atoms with E-state index in [1.54, 1.807) is 14.0 Å². The van der Waals surface area contributed by atoms with E-state index >= 15 is 0 Å². The van der Waals surface area contributed by atoms with Crippen LogP contribution in [0.5, 0.6) is 5.75 Å². The van der Waals surface area contributed by atoms with Crippen LogP contribution in [-0.2, 0) is 39.9 Å². The highest BCUT2D eigenvalue weighted by atomic mass is 16.5. The maximum atomic E-state index is 13.9. The molecule has 1 aromatic rings. The van der Waals surface area contributed by atoms with E-state index in [-0.39, 0.29) is 61.4 Å². The molecule has 5 amide bonds. The van der Waals surface area contributed by atoms with Crippen LogP contribution < -0.4 is 42.4 Å². The van der Waals surface area contributed by atoms with Gasteiger partial charge in [-0.1, -0.05) is 178 Å². The third kappa shape index (κ3) is 51.0. The van der Waals surface area contributed by atoms with E-state index in [2.05, 4.69) is 173 Å². The highest BCUT2D eigenvalue weighted by Crippen LogP contribution is 2.15. The Labute approximate surface area is 549 Å². The Kier molecular flexibility index (Phi) is 55.2. The second-order valence-corrected chi connectivity index (χ2v) is 22.0. The highest BCUT2D eigenvalue weighted by molar-refractivity contribution is 5.88. The van der Waals surface area contributed by atoms with Crippen molar-refractivity contribution in [2.24, 2.45) is 5.73 Å². The lowest BCUT2D eigenvalue weighted by Crippen LogP contribution is -2.48. The van der Waals surface area contributed by atoms with Gasteiger partial charge in [0.05, 0.1) is 13.2 Å². The Morgan fingerprint density at radius 2 is 0.835 bits per heavy atom. The molecule has 0 radical (unpaired) electrons. The number of allylic oxidation sites excluding steroid dienone is 24. The Morgan fingerprint density at radius 3 is 1.27 bits per heavy atom. The monoisotopic (exact) mass is 1260 g/mol. The van der Waals surface area contributed by atoms with Crippen LogP contribution in [0.25, 0.3) is 0 Å². The molecule has 0 saturated carbocycles. The van der Waals surface area contributed by atoms with E-state index in [1.807, 2.05) is 42.5 Å². The summed E-state index contributed by atoms with van der Waals surface area (Å²) in [5.41, 5.74) is 6.46. The molecule has 0 aliphatic carbocycles. The predicted octanol–water partition coefficient (Wildman–Crippen LogP) is 13.9. The molecule has 0 aromatic heterocycles. The minimum absolute atomic E-state index is 0.0423. The molecule has 0 fully saturated rings. The molecule has 1 rings (SSSR count). The summed E-state index contributed by atoms with van der Waals surface area (Å²) in [4.78, 5) is 78.3. The van der Waals surface area contributed by atoms with Crippen molar-refractivity contribution in [1.82, 2.24) is 31.9 Å². The van der Waals surface area contributed by atoms with Crippen molar-refractivity contribution in [3.63, 3.8) is 0 Å². The van der Waals surface area contributed by atoms with Crippen LogP contribution in [0.15, 0.2) is 170 Å². The zero-order valence-electron chi connectivity index (χ0n) is 56.1. The van der Waals surface area contributed by atoms with Crippen molar-refractivity contribution < 1.29 is 38.2 Å². The lowest BCUT2D eigenvalue weighted by Gasteiger charge is -2.20. The molecular weight excluding hydrogens is 1140 g/mol. The minimum atomic E-state index is -0.856. The summed E-state index contributed by atoms with van der Waals surface area (Å²) >= 11 is 0. The molecule has 15 heteroatoms. The molecule has 15 nitrogen and oxygen atoms in total. The van der Waals surface area contributed by atoms with E-state index in [9.17, 15) is 28.8 Å². The molecule has 1 aromatic carbocycles. The standard InChI is InChI=1S/C76H117N7O8/c1-5-8-10-12-14-16-18-20-22-24-26-28-30-32-34-36-38-40-43-53-71(84)79-63-64-91-67-58-56-66(57-59-67)65-70(83-73(86)54-44-41-39-37-35-33-31-29-27-25-23-21-19-17-15-13-11-9-6-2)75(88)81-62-49-46-51-68(82-72(85)55-45-42-48-60-77)74(87)80-61-50-47-52-69(78-4)76(89)90-7-3/h8-11,14-17,20-23,26-29,32-35,38-41,56-59,68-70,78H,5-7,12-13,18-19,24-25,30-31,36-37,42-55,60-65,77H2,1-4H3,(H,79,84)(H,80,87)(H,81,88)(H,82,85)(H,83,86)/b10-8-,11-9-,16-14-,17-15-,22-20-,23-21-,28-26-,29-27-,34-32-,35-33-,40-38-,41-39-/t68-,69-,70-/m0/s1. The molecule has 0 bridgehead atoms. The Balaban J connectivity index is 2.80. The van der Waals surface area contributed by atoms with Gasteiger partial charge in [0.1, 0.15) is 30.5 Å². The number of nitrogens with one attached hydrogen (secondary N) is 6. The summed E-state index contributed by atoms with van der Waals surface area (Å²) < 4.78 is 11.1. The lowest BCUT2D eigenvalue weighted by molar-refractivity contribution is -0.145. The normalized spacial score (nSPS) is 13.3. The van der Waals surface area contributed by atoms with E-state index < -0.39 is 18.1 Å². The number of nitrogens with two attached hydrogens (primary N) is 1. The van der Waals surface area contributed by atoms with Crippen LogP contribution in [0.2, 0.25) is 0 Å². The number of amides is 5. The largest absolute Gasteiger partial charge is 0.492 e. The molecule has 3 atom stereocenters. The quantitative estimate of drug-likeness (QED) is 0.0186. The van der Waals surface area contributed by atoms with Crippen LogP contribution in [0.1, 0.15) is 193 Å². The van der Waals surface area contributed by atoms with Gasteiger partial charge >= 0.3 is 5.97 Å². The number of hydrogen-bond acceptors (Lipinski definition) is 10. The second-order valence-electron chi connectivity index (χ2n) is 22.0. The first kappa shape index (κ1) is 81.7. The Bertz CT molecular complexity index is 2450. The third-order valence-corrected chi connectivity index (χ3v) is 14.1. The molecule has 0 spiro atoms. The van der Waals surface area contributed by atoms with Gasteiger partial charge in [0, 0.05) is 38.8 Å². The number of hydrogen-bond donors (Lipinski definition) is 7. The van der Waals surface area contributed by atoms with Gasteiger partial charge in [-0.25, -0.2) is 0 Å². The summed E-state index contributed by atoms with van der Waals surface area (Å²) in [6.07, 6.45) is 70.8. The third-order valence-electron chi connectivity index (χ3n) is 14.1. The summed E-state index contributed by atoms with van der Waals surface area (Å²) in [5.74, 6) is -0.795. The van der Waals surface area contributed by atoms with Crippen molar-refractivity contribution in [1.29, 1.82) is 0 Å². The average Bonchev–Trinajstić information content (AvgIpc) is 3.35. The van der Waals surface area contributed by atoms with E-state index in [1.165, 1.54) is 0 Å². The SMILES string of the molecule is CC/C=C\C/C=C\C/C=C\C/C=C\C/C=C\C/C=C\CCC(=O)NCCOc1ccc(C[C@H](NC(=O)CC/C=C\C/C=C\C/C=C\C/C=C\C/C=C\C/C=C\CC)C(=O)NCCCC[C@H](NC(=O)CCCCCN)C(=O)NCCCC[C@H](NC)C(=O)OCC)cc1. The summed E-state index contributed by atoms with van der Waals surface area (Å²) in [5, 5.41) is 17.8. The van der Waals surface area contributed by atoms with Crippen LogP contribution in [0.4, 0.5) is 0 Å². The van der Waals surface area contributed by atoms with Gasteiger partial charge in [-0.2, -0.15) is 0 Å². The van der Waals surface area contributed by atoms with E-state index in [0.29, 0.717) is 103 Å². The van der Waals surface area contributed by atoms with E-state index in [4.69, 9.17) is 15.2 Å². The van der Waals surface area contributed by atoms with Gasteiger partial charge < -0.3 is 47.1 Å². The van der Waals surface area contributed by atoms with Crippen molar-refractivity contribution in [2.75, 3.05) is 46.4 Å². The molecule has 0 aliphatic rings. The zero-order valence-corrected chi connectivity index (χ0v) is 56.1. The minimum Gasteiger partial charge on any atom is -0.492 e. The lowest BCUT2D eigenvalue weighted by atomic mass is 10.0. The first-order chi connectivity index (χ1) is 44.6. The second kappa shape index (κ2) is 61.5. The molecule has 0 saturated heterocycles. The van der Waals surface area contributed by atoms with Crippen LogP contribution in [-0.4, -0.2) is 100 Å². The van der Waals surface area contributed by atoms with Crippen LogP contribution in [0.3, 0.4) is 0 Å². The van der Waals surface area contributed by atoms with Crippen molar-refractivity contribution in [3.05, 3.63) is 176 Å². The average molecular weight is 1260 g/mol. The summed E-state index contributed by atoms with van der Waals surface area (Å²) in [6.45, 7) is 8.23. The van der Waals surface area contributed by atoms with Gasteiger partial charge in [-0.15, -0.1) is 0 Å². The fourth-order valence-corrected chi connectivity index (χ4v) is 8.97. The van der Waals surface area contributed by atoms with Gasteiger partial charge in [0.15, 0.2) is 0 Å². The first-order valence-electron chi connectivity index (χ1n) is 34.0. The topological polar surface area (TPSA) is 219 Å². The Morgan fingerprint density at radius 1 is 0.429 bits per heavy atom. The fourth-order valence-electron chi connectivity index (χ4n) is 8.97. The number of ether oxygens (including phenoxy) is 2. The van der Waals surface area contributed by atoms with Crippen molar-refractivity contribution in [3.8, 4) is 5.75 Å². The maximum Gasteiger partial charge on any atom is 0.323 e. The molecule has 504 valence electrons. The van der Waals surface area contributed by atoms with Gasteiger partial charge in [-0.05, 0) is 179 Å².